The zero-order valence-corrected chi connectivity index (χ0v) is 17.9. The molecule has 8 heteroatoms. The standard InChI is InChI=1S/C19H16ClN3OS3/c1-11(18-21-13-5-3-4-6-15(13)26-18)23(2)17(24)10-25-19-22-14-9-12(20)7-8-16(14)27-19/h3-9,11H,10H2,1-2H3/t11-/m0/s1. The van der Waals surface area contributed by atoms with Crippen LogP contribution in [0, 0.1) is 0 Å². The van der Waals surface area contributed by atoms with Gasteiger partial charge in [-0.25, -0.2) is 9.97 Å². The molecule has 0 aliphatic rings. The molecule has 0 saturated heterocycles. The number of carbonyl (C=O) groups excluding carboxylic acids is 1. The maximum atomic E-state index is 12.7. The van der Waals surface area contributed by atoms with Gasteiger partial charge < -0.3 is 4.90 Å². The Morgan fingerprint density at radius 3 is 2.74 bits per heavy atom. The molecular formula is C19H16ClN3OS3. The minimum Gasteiger partial charge on any atom is -0.336 e. The molecule has 0 bridgehead atoms. The van der Waals surface area contributed by atoms with Crippen LogP contribution in [-0.2, 0) is 4.79 Å². The lowest BCUT2D eigenvalue weighted by molar-refractivity contribution is -0.128. The average Bonchev–Trinajstić information content (AvgIpc) is 3.27. The van der Waals surface area contributed by atoms with Crippen LogP contribution in [0.4, 0.5) is 0 Å². The van der Waals surface area contributed by atoms with E-state index in [1.165, 1.54) is 11.8 Å². The monoisotopic (exact) mass is 433 g/mol. The van der Waals surface area contributed by atoms with Crippen LogP contribution in [-0.4, -0.2) is 33.6 Å². The predicted octanol–water partition coefficient (Wildman–Crippen LogP) is 5.87. The van der Waals surface area contributed by atoms with Crippen molar-refractivity contribution in [2.75, 3.05) is 12.8 Å². The van der Waals surface area contributed by atoms with E-state index in [-0.39, 0.29) is 11.9 Å². The fourth-order valence-corrected chi connectivity index (χ4v) is 5.82. The van der Waals surface area contributed by atoms with Crippen LogP contribution in [0.1, 0.15) is 18.0 Å². The van der Waals surface area contributed by atoms with Gasteiger partial charge in [-0.15, -0.1) is 22.7 Å². The molecule has 4 aromatic rings. The molecule has 2 aromatic heterocycles. The number of amides is 1. The summed E-state index contributed by atoms with van der Waals surface area (Å²) >= 11 is 10.7. The summed E-state index contributed by atoms with van der Waals surface area (Å²) in [5.41, 5.74) is 1.85. The van der Waals surface area contributed by atoms with Crippen LogP contribution in [0.25, 0.3) is 20.4 Å². The molecule has 4 nitrogen and oxygen atoms in total. The molecule has 27 heavy (non-hydrogen) atoms. The second kappa shape index (κ2) is 7.75. The lowest BCUT2D eigenvalue weighted by atomic mass is 10.3. The van der Waals surface area contributed by atoms with Gasteiger partial charge in [-0.05, 0) is 37.3 Å². The van der Waals surface area contributed by atoms with Crippen LogP contribution in [0.15, 0.2) is 46.8 Å². The van der Waals surface area contributed by atoms with Crippen molar-refractivity contribution >= 4 is 72.4 Å². The minimum absolute atomic E-state index is 0.0593. The number of nitrogens with zero attached hydrogens (tertiary/aromatic N) is 3. The number of para-hydroxylation sites is 1. The van der Waals surface area contributed by atoms with Crippen LogP contribution in [0.5, 0.6) is 0 Å². The van der Waals surface area contributed by atoms with E-state index in [9.17, 15) is 4.79 Å². The Morgan fingerprint density at radius 2 is 1.93 bits per heavy atom. The maximum absolute atomic E-state index is 12.7. The lowest BCUT2D eigenvalue weighted by Crippen LogP contribution is -2.31. The van der Waals surface area contributed by atoms with Gasteiger partial charge in [-0.2, -0.15) is 0 Å². The normalized spacial score (nSPS) is 12.6. The highest BCUT2D eigenvalue weighted by Gasteiger charge is 2.21. The SMILES string of the molecule is C[C@@H](c1nc2ccccc2s1)N(C)C(=O)CSc1nc2cc(Cl)ccc2s1. The number of hydrogen-bond acceptors (Lipinski definition) is 6. The number of rotatable bonds is 5. The van der Waals surface area contributed by atoms with Crippen molar-refractivity contribution in [3.05, 3.63) is 52.5 Å². The number of aromatic nitrogens is 2. The van der Waals surface area contributed by atoms with Crippen molar-refractivity contribution < 1.29 is 4.79 Å². The van der Waals surface area contributed by atoms with E-state index >= 15 is 0 Å². The molecule has 0 fully saturated rings. The lowest BCUT2D eigenvalue weighted by Gasteiger charge is -2.22. The van der Waals surface area contributed by atoms with E-state index in [0.29, 0.717) is 10.8 Å². The largest absolute Gasteiger partial charge is 0.336 e. The van der Waals surface area contributed by atoms with Gasteiger partial charge in [0.05, 0.1) is 32.2 Å². The van der Waals surface area contributed by atoms with Gasteiger partial charge in [0.2, 0.25) is 5.91 Å². The van der Waals surface area contributed by atoms with Crippen LogP contribution >= 0.6 is 46.0 Å². The maximum Gasteiger partial charge on any atom is 0.233 e. The Hall–Kier alpha value is -1.67. The molecule has 138 valence electrons. The first-order chi connectivity index (χ1) is 13.0. The van der Waals surface area contributed by atoms with Gasteiger partial charge in [0.1, 0.15) is 5.01 Å². The van der Waals surface area contributed by atoms with Gasteiger partial charge in [0.15, 0.2) is 4.34 Å². The summed E-state index contributed by atoms with van der Waals surface area (Å²) in [4.78, 5) is 23.6. The zero-order valence-electron chi connectivity index (χ0n) is 14.7. The van der Waals surface area contributed by atoms with E-state index in [1.54, 1.807) is 27.6 Å². The van der Waals surface area contributed by atoms with Crippen LogP contribution in [0.2, 0.25) is 5.02 Å². The van der Waals surface area contributed by atoms with Crippen molar-refractivity contribution in [3.8, 4) is 0 Å². The third kappa shape index (κ3) is 3.96. The van der Waals surface area contributed by atoms with Gasteiger partial charge in [0.25, 0.3) is 0 Å². The summed E-state index contributed by atoms with van der Waals surface area (Å²) in [5, 5.41) is 1.62. The summed E-state index contributed by atoms with van der Waals surface area (Å²) in [6.07, 6.45) is 0. The number of hydrogen-bond donors (Lipinski definition) is 0. The zero-order chi connectivity index (χ0) is 19.0. The Morgan fingerprint density at radius 1 is 1.15 bits per heavy atom. The molecule has 2 heterocycles. The molecule has 2 aromatic carbocycles. The quantitative estimate of drug-likeness (QED) is 0.369. The van der Waals surface area contributed by atoms with Crippen LogP contribution in [0.3, 0.4) is 0 Å². The molecule has 1 amide bonds. The molecule has 0 radical (unpaired) electrons. The second-order valence-electron chi connectivity index (χ2n) is 6.08. The molecule has 0 spiro atoms. The molecule has 0 aliphatic carbocycles. The predicted molar refractivity (Wildman–Crippen MR) is 116 cm³/mol. The molecule has 1 atom stereocenters. The number of halogens is 1. The number of thiazole rings is 2. The highest BCUT2D eigenvalue weighted by atomic mass is 35.5. The van der Waals surface area contributed by atoms with Gasteiger partial charge in [0, 0.05) is 12.1 Å². The van der Waals surface area contributed by atoms with Gasteiger partial charge in [-0.1, -0.05) is 35.5 Å². The van der Waals surface area contributed by atoms with Crippen molar-refractivity contribution in [2.24, 2.45) is 0 Å². The third-order valence-corrected chi connectivity index (χ3v) is 7.90. The Balaban J connectivity index is 1.43. The van der Waals surface area contributed by atoms with Crippen molar-refractivity contribution in [2.45, 2.75) is 17.3 Å². The second-order valence-corrected chi connectivity index (χ2v) is 9.83. The van der Waals surface area contributed by atoms with Crippen molar-refractivity contribution in [1.29, 1.82) is 0 Å². The Labute approximate surface area is 174 Å². The van der Waals surface area contributed by atoms with E-state index in [1.807, 2.05) is 50.4 Å². The fourth-order valence-electron chi connectivity index (χ4n) is 2.62. The average molecular weight is 434 g/mol. The van der Waals surface area contributed by atoms with E-state index in [0.717, 1.165) is 29.8 Å². The molecular weight excluding hydrogens is 418 g/mol. The summed E-state index contributed by atoms with van der Waals surface area (Å²) in [6, 6.07) is 13.6. The Kier molecular flexibility index (Phi) is 5.36. The number of fused-ring (bicyclic) bond motifs is 2. The van der Waals surface area contributed by atoms with Crippen LogP contribution < -0.4 is 0 Å². The summed E-state index contributed by atoms with van der Waals surface area (Å²) in [6.45, 7) is 2.01. The highest BCUT2D eigenvalue weighted by molar-refractivity contribution is 8.01. The topological polar surface area (TPSA) is 46.1 Å². The molecule has 0 N–H and O–H groups in total. The van der Waals surface area contributed by atoms with Crippen molar-refractivity contribution in [3.63, 3.8) is 0 Å². The molecule has 0 saturated carbocycles. The van der Waals surface area contributed by atoms with E-state index < -0.39 is 0 Å². The fraction of sp³-hybridized carbons (Fsp3) is 0.211. The number of benzene rings is 2. The molecule has 0 aliphatic heterocycles. The summed E-state index contributed by atoms with van der Waals surface area (Å²) in [7, 11) is 1.83. The van der Waals surface area contributed by atoms with E-state index in [2.05, 4.69) is 16.0 Å². The number of carbonyl (C=O) groups is 1. The van der Waals surface area contributed by atoms with E-state index in [4.69, 9.17) is 11.6 Å². The number of thioether (sulfide) groups is 1. The first-order valence-corrected chi connectivity index (χ1v) is 11.3. The highest BCUT2D eigenvalue weighted by Crippen LogP contribution is 2.32. The summed E-state index contributed by atoms with van der Waals surface area (Å²) < 4.78 is 3.09. The minimum atomic E-state index is -0.0651. The first-order valence-electron chi connectivity index (χ1n) is 8.31. The molecule has 0 unspecified atom stereocenters. The Bertz CT molecular complexity index is 1090. The molecule has 4 rings (SSSR count). The summed E-state index contributed by atoms with van der Waals surface area (Å²) in [5.74, 6) is 0.406. The first kappa shape index (κ1) is 18.7. The van der Waals surface area contributed by atoms with Gasteiger partial charge >= 0.3 is 0 Å². The van der Waals surface area contributed by atoms with Gasteiger partial charge in [-0.3, -0.25) is 4.79 Å². The van der Waals surface area contributed by atoms with Crippen molar-refractivity contribution in [1.82, 2.24) is 14.9 Å². The third-order valence-electron chi connectivity index (χ3n) is 4.29. The smallest absolute Gasteiger partial charge is 0.233 e.